The molecule has 1 aliphatic heterocycles. The van der Waals surface area contributed by atoms with Crippen molar-refractivity contribution >= 4 is 5.95 Å². The van der Waals surface area contributed by atoms with Crippen molar-refractivity contribution in [2.45, 2.75) is 51.5 Å². The lowest BCUT2D eigenvalue weighted by molar-refractivity contribution is 0.346. The average molecular weight is 325 g/mol. The lowest BCUT2D eigenvalue weighted by atomic mass is 9.97. The molecule has 1 saturated heterocycles. The predicted molar refractivity (Wildman–Crippen MR) is 92.4 cm³/mol. The van der Waals surface area contributed by atoms with Crippen molar-refractivity contribution < 1.29 is 0 Å². The molecule has 6 nitrogen and oxygen atoms in total. The van der Waals surface area contributed by atoms with Gasteiger partial charge in [-0.15, -0.1) is 0 Å². The van der Waals surface area contributed by atoms with Crippen molar-refractivity contribution in [3.8, 4) is 0 Å². The van der Waals surface area contributed by atoms with Crippen LogP contribution >= 0.6 is 0 Å². The van der Waals surface area contributed by atoms with E-state index in [1.807, 2.05) is 25.4 Å². The number of anilines is 1. The van der Waals surface area contributed by atoms with Crippen LogP contribution in [0.15, 0.2) is 23.3 Å². The lowest BCUT2D eigenvalue weighted by Crippen LogP contribution is -2.39. The Morgan fingerprint density at radius 3 is 2.54 bits per heavy atom. The second-order valence-corrected chi connectivity index (χ2v) is 6.88. The van der Waals surface area contributed by atoms with Gasteiger partial charge in [0.1, 0.15) is 0 Å². The van der Waals surface area contributed by atoms with E-state index in [0.29, 0.717) is 0 Å². The molecule has 126 valence electrons. The van der Waals surface area contributed by atoms with E-state index in [1.54, 1.807) is 4.68 Å². The Morgan fingerprint density at radius 1 is 1.08 bits per heavy atom. The number of hydrogen-bond acceptors (Lipinski definition) is 5. The van der Waals surface area contributed by atoms with Gasteiger partial charge in [0.15, 0.2) is 0 Å². The highest BCUT2D eigenvalue weighted by Gasteiger charge is 2.24. The van der Waals surface area contributed by atoms with Gasteiger partial charge in [-0.3, -0.25) is 4.79 Å². The summed E-state index contributed by atoms with van der Waals surface area (Å²) >= 11 is 0. The summed E-state index contributed by atoms with van der Waals surface area (Å²) in [5.41, 5.74) is 3.41. The smallest absolute Gasteiger partial charge is 0.267 e. The minimum atomic E-state index is 0.0562. The molecule has 0 aromatic carbocycles. The quantitative estimate of drug-likeness (QED) is 0.846. The monoisotopic (exact) mass is 325 g/mol. The fourth-order valence-electron chi connectivity index (χ4n) is 3.70. The van der Waals surface area contributed by atoms with Gasteiger partial charge in [-0.2, -0.15) is 5.10 Å². The zero-order valence-electron chi connectivity index (χ0n) is 14.1. The molecule has 0 amide bonds. The molecule has 24 heavy (non-hydrogen) atoms. The summed E-state index contributed by atoms with van der Waals surface area (Å²) in [4.78, 5) is 23.4. The molecule has 6 heteroatoms. The number of rotatable bonds is 2. The van der Waals surface area contributed by atoms with Gasteiger partial charge in [-0.1, -0.05) is 0 Å². The molecule has 0 saturated carbocycles. The molecule has 0 bridgehead atoms. The number of hydrogen-bond donors (Lipinski definition) is 0. The van der Waals surface area contributed by atoms with Gasteiger partial charge in [0, 0.05) is 31.5 Å². The van der Waals surface area contributed by atoms with Crippen LogP contribution in [0.1, 0.15) is 48.5 Å². The van der Waals surface area contributed by atoms with Gasteiger partial charge < -0.3 is 4.90 Å². The summed E-state index contributed by atoms with van der Waals surface area (Å²) in [6.07, 6.45) is 9.88. The Balaban J connectivity index is 1.49. The number of nitrogens with zero attached hydrogens (tertiary/aromatic N) is 5. The van der Waals surface area contributed by atoms with Crippen LogP contribution in [0.2, 0.25) is 0 Å². The van der Waals surface area contributed by atoms with Gasteiger partial charge >= 0.3 is 0 Å². The Kier molecular flexibility index (Phi) is 4.04. The maximum absolute atomic E-state index is 12.4. The zero-order valence-corrected chi connectivity index (χ0v) is 14.1. The van der Waals surface area contributed by atoms with E-state index in [1.165, 1.54) is 12.8 Å². The van der Waals surface area contributed by atoms with E-state index in [-0.39, 0.29) is 11.6 Å². The molecule has 0 spiro atoms. The predicted octanol–water partition coefficient (Wildman–Crippen LogP) is 2.06. The minimum absolute atomic E-state index is 0.0562. The molecule has 0 unspecified atom stereocenters. The Hall–Kier alpha value is -2.24. The first-order valence-corrected chi connectivity index (χ1v) is 8.86. The summed E-state index contributed by atoms with van der Waals surface area (Å²) in [6, 6.07) is 2.00. The van der Waals surface area contributed by atoms with Crippen LogP contribution in [0, 0.1) is 6.92 Å². The highest BCUT2D eigenvalue weighted by molar-refractivity contribution is 5.30. The van der Waals surface area contributed by atoms with Crippen LogP contribution in [0.3, 0.4) is 0 Å². The van der Waals surface area contributed by atoms with Gasteiger partial charge in [0.05, 0.1) is 11.7 Å². The first-order valence-electron chi connectivity index (χ1n) is 8.86. The lowest BCUT2D eigenvalue weighted by Gasteiger charge is -2.32. The average Bonchev–Trinajstić information content (AvgIpc) is 2.62. The number of piperidine rings is 1. The molecule has 2 aliphatic rings. The van der Waals surface area contributed by atoms with E-state index < -0.39 is 0 Å². The molecule has 0 radical (unpaired) electrons. The summed E-state index contributed by atoms with van der Waals surface area (Å²) < 4.78 is 1.73. The highest BCUT2D eigenvalue weighted by Crippen LogP contribution is 2.24. The zero-order chi connectivity index (χ0) is 16.5. The number of fused-ring (bicyclic) bond motifs is 1. The van der Waals surface area contributed by atoms with Crippen molar-refractivity contribution in [2.24, 2.45) is 0 Å². The maximum Gasteiger partial charge on any atom is 0.267 e. The van der Waals surface area contributed by atoms with Crippen molar-refractivity contribution in [1.29, 1.82) is 0 Å². The molecular formula is C18H23N5O. The van der Waals surface area contributed by atoms with E-state index in [2.05, 4.69) is 14.9 Å². The minimum Gasteiger partial charge on any atom is -0.341 e. The van der Waals surface area contributed by atoms with Crippen molar-refractivity contribution in [1.82, 2.24) is 19.7 Å². The fraction of sp³-hybridized carbons (Fsp3) is 0.556. The van der Waals surface area contributed by atoms with Crippen LogP contribution in [0.5, 0.6) is 0 Å². The first-order chi connectivity index (χ1) is 11.7. The second-order valence-electron chi connectivity index (χ2n) is 6.88. The third-order valence-electron chi connectivity index (χ3n) is 5.09. The summed E-state index contributed by atoms with van der Waals surface area (Å²) in [5, 5.41) is 4.70. The largest absolute Gasteiger partial charge is 0.341 e. The third-order valence-corrected chi connectivity index (χ3v) is 5.09. The Morgan fingerprint density at radius 2 is 1.79 bits per heavy atom. The maximum atomic E-state index is 12.4. The topological polar surface area (TPSA) is 63.9 Å². The van der Waals surface area contributed by atoms with Gasteiger partial charge in [0.25, 0.3) is 5.56 Å². The van der Waals surface area contributed by atoms with Crippen molar-refractivity contribution in [3.63, 3.8) is 0 Å². The molecule has 1 fully saturated rings. The van der Waals surface area contributed by atoms with Gasteiger partial charge in [-0.25, -0.2) is 14.6 Å². The molecule has 4 rings (SSSR count). The molecule has 0 N–H and O–H groups in total. The SMILES string of the molecule is Cc1cnc(N2CCC(n3nc4c(cc3=O)CCCC4)CC2)nc1. The molecule has 1 aliphatic carbocycles. The van der Waals surface area contributed by atoms with Crippen molar-refractivity contribution in [2.75, 3.05) is 18.0 Å². The van der Waals surface area contributed by atoms with Crippen LogP contribution in [-0.4, -0.2) is 32.8 Å². The van der Waals surface area contributed by atoms with E-state index >= 15 is 0 Å². The van der Waals surface area contributed by atoms with Crippen LogP contribution < -0.4 is 10.5 Å². The van der Waals surface area contributed by atoms with Gasteiger partial charge in [0.2, 0.25) is 5.95 Å². The standard InChI is InChI=1S/C18H23N5O/c1-13-11-19-18(20-12-13)22-8-6-15(7-9-22)23-17(24)10-14-4-2-3-5-16(14)21-23/h10-12,15H,2-9H2,1H3. The Bertz CT molecular complexity index is 775. The summed E-state index contributed by atoms with van der Waals surface area (Å²) in [7, 11) is 0. The Labute approximate surface area is 141 Å². The van der Waals surface area contributed by atoms with Crippen LogP contribution in [0.25, 0.3) is 0 Å². The second kappa shape index (κ2) is 6.34. The van der Waals surface area contributed by atoms with Crippen LogP contribution in [-0.2, 0) is 12.8 Å². The van der Waals surface area contributed by atoms with Gasteiger partial charge in [-0.05, 0) is 56.6 Å². The molecular weight excluding hydrogens is 302 g/mol. The van der Waals surface area contributed by atoms with E-state index in [9.17, 15) is 4.79 Å². The number of aromatic nitrogens is 4. The van der Waals surface area contributed by atoms with Crippen molar-refractivity contribution in [3.05, 3.63) is 45.6 Å². The van der Waals surface area contributed by atoms with E-state index in [4.69, 9.17) is 5.10 Å². The normalized spacial score (nSPS) is 18.5. The molecule has 2 aromatic heterocycles. The summed E-state index contributed by atoms with van der Waals surface area (Å²) in [5.74, 6) is 0.782. The number of aryl methyl sites for hydroxylation is 3. The molecule has 3 heterocycles. The van der Waals surface area contributed by atoms with Crippen LogP contribution in [0.4, 0.5) is 5.95 Å². The molecule has 2 aromatic rings. The molecule has 0 atom stereocenters. The first kappa shape index (κ1) is 15.3. The fourth-order valence-corrected chi connectivity index (χ4v) is 3.70. The third kappa shape index (κ3) is 2.92. The highest BCUT2D eigenvalue weighted by atomic mass is 16.1. The summed E-state index contributed by atoms with van der Waals surface area (Å²) in [6.45, 7) is 3.71. The van der Waals surface area contributed by atoms with E-state index in [0.717, 1.165) is 61.5 Å².